The molecule has 5 nitrogen and oxygen atoms in total. The van der Waals surface area contributed by atoms with E-state index < -0.39 is 0 Å². The predicted octanol–water partition coefficient (Wildman–Crippen LogP) is 3.65. The number of nitrogens with one attached hydrogen (secondary N) is 2. The maximum atomic E-state index is 9.82. The standard InChI is InChI=1S/C15H14BrN3O2/c1-21-14-6-9(5-11(16)15(14)20)7-17-12-3-2-4-13-10(12)8-18-19-13/h2-6,8,17,20H,7H2,1H3,(H,18,19). The van der Waals surface area contributed by atoms with Crippen molar-refractivity contribution < 1.29 is 9.84 Å². The molecule has 1 aromatic heterocycles. The molecule has 0 atom stereocenters. The summed E-state index contributed by atoms with van der Waals surface area (Å²) in [5.41, 5.74) is 2.99. The van der Waals surface area contributed by atoms with Gasteiger partial charge < -0.3 is 15.2 Å². The number of hydrogen-bond acceptors (Lipinski definition) is 4. The van der Waals surface area contributed by atoms with Crippen molar-refractivity contribution in [1.82, 2.24) is 10.2 Å². The molecule has 3 rings (SSSR count). The van der Waals surface area contributed by atoms with E-state index in [1.54, 1.807) is 6.20 Å². The molecule has 1 heterocycles. The minimum atomic E-state index is 0.109. The highest BCUT2D eigenvalue weighted by atomic mass is 79.9. The molecule has 108 valence electrons. The molecule has 21 heavy (non-hydrogen) atoms. The highest BCUT2D eigenvalue weighted by Gasteiger charge is 2.09. The molecule has 2 aromatic carbocycles. The van der Waals surface area contributed by atoms with E-state index in [0.29, 0.717) is 16.8 Å². The summed E-state index contributed by atoms with van der Waals surface area (Å²) in [6, 6.07) is 9.62. The predicted molar refractivity (Wildman–Crippen MR) is 85.8 cm³/mol. The maximum Gasteiger partial charge on any atom is 0.172 e. The lowest BCUT2D eigenvalue weighted by molar-refractivity contribution is 0.371. The maximum absolute atomic E-state index is 9.82. The normalized spacial score (nSPS) is 10.8. The molecule has 0 aliphatic rings. The van der Waals surface area contributed by atoms with Crippen molar-refractivity contribution in [3.05, 3.63) is 46.6 Å². The molecule has 0 fully saturated rings. The van der Waals surface area contributed by atoms with Gasteiger partial charge in [0.05, 0.1) is 23.3 Å². The van der Waals surface area contributed by atoms with Crippen LogP contribution in [0.3, 0.4) is 0 Å². The molecule has 0 amide bonds. The second-order valence-corrected chi connectivity index (χ2v) is 5.47. The van der Waals surface area contributed by atoms with Gasteiger partial charge in [-0.3, -0.25) is 5.10 Å². The first-order valence-corrected chi connectivity index (χ1v) is 7.19. The Morgan fingerprint density at radius 2 is 2.24 bits per heavy atom. The van der Waals surface area contributed by atoms with Gasteiger partial charge in [-0.25, -0.2) is 0 Å². The number of benzene rings is 2. The zero-order chi connectivity index (χ0) is 14.8. The molecule has 3 N–H and O–H groups in total. The lowest BCUT2D eigenvalue weighted by atomic mass is 10.1. The van der Waals surface area contributed by atoms with Crippen LogP contribution in [0.5, 0.6) is 11.5 Å². The molecule has 0 aliphatic carbocycles. The van der Waals surface area contributed by atoms with E-state index in [0.717, 1.165) is 22.2 Å². The van der Waals surface area contributed by atoms with Crippen LogP contribution in [0.4, 0.5) is 5.69 Å². The molecule has 0 unspecified atom stereocenters. The lowest BCUT2D eigenvalue weighted by Crippen LogP contribution is -2.00. The number of phenolic OH excluding ortho intramolecular Hbond substituents is 1. The third-order valence-electron chi connectivity index (χ3n) is 3.28. The first kappa shape index (κ1) is 13.8. The number of ether oxygens (including phenoxy) is 1. The molecular weight excluding hydrogens is 334 g/mol. The van der Waals surface area contributed by atoms with E-state index >= 15 is 0 Å². The van der Waals surface area contributed by atoms with Crippen LogP contribution in [0.1, 0.15) is 5.56 Å². The molecule has 0 spiro atoms. The van der Waals surface area contributed by atoms with E-state index in [1.165, 1.54) is 7.11 Å². The molecule has 0 saturated carbocycles. The van der Waals surface area contributed by atoms with Crippen LogP contribution < -0.4 is 10.1 Å². The molecule has 0 aliphatic heterocycles. The quantitative estimate of drug-likeness (QED) is 0.673. The largest absolute Gasteiger partial charge is 0.503 e. The van der Waals surface area contributed by atoms with Crippen LogP contribution in [-0.2, 0) is 6.54 Å². The number of fused-ring (bicyclic) bond motifs is 1. The number of rotatable bonds is 4. The number of hydrogen-bond donors (Lipinski definition) is 3. The number of methoxy groups -OCH3 is 1. The van der Waals surface area contributed by atoms with E-state index in [9.17, 15) is 5.11 Å². The molecular formula is C15H14BrN3O2. The fourth-order valence-corrected chi connectivity index (χ4v) is 2.69. The van der Waals surface area contributed by atoms with Crippen LogP contribution in [0, 0.1) is 0 Å². The highest BCUT2D eigenvalue weighted by Crippen LogP contribution is 2.35. The summed E-state index contributed by atoms with van der Waals surface area (Å²) in [6.07, 6.45) is 1.80. The van der Waals surface area contributed by atoms with Crippen molar-refractivity contribution >= 4 is 32.5 Å². The second-order valence-electron chi connectivity index (χ2n) is 4.62. The van der Waals surface area contributed by atoms with Crippen molar-refractivity contribution in [3.8, 4) is 11.5 Å². The minimum Gasteiger partial charge on any atom is -0.503 e. The summed E-state index contributed by atoms with van der Waals surface area (Å²) in [5, 5.41) is 21.2. The Kier molecular flexibility index (Phi) is 3.70. The third-order valence-corrected chi connectivity index (χ3v) is 3.88. The highest BCUT2D eigenvalue weighted by molar-refractivity contribution is 9.10. The summed E-state index contributed by atoms with van der Waals surface area (Å²) in [7, 11) is 1.53. The summed E-state index contributed by atoms with van der Waals surface area (Å²) in [5.74, 6) is 0.556. The number of aromatic hydroxyl groups is 1. The Balaban J connectivity index is 1.85. The third kappa shape index (κ3) is 2.67. The number of H-pyrrole nitrogens is 1. The van der Waals surface area contributed by atoms with Gasteiger partial charge in [0, 0.05) is 17.6 Å². The molecule has 3 aromatic rings. The van der Waals surface area contributed by atoms with Gasteiger partial charge in [0.1, 0.15) is 0 Å². The second kappa shape index (κ2) is 5.65. The van der Waals surface area contributed by atoms with Crippen molar-refractivity contribution in [2.45, 2.75) is 6.54 Å². The minimum absolute atomic E-state index is 0.109. The molecule has 6 heteroatoms. The molecule has 0 saturated heterocycles. The Morgan fingerprint density at radius 1 is 1.38 bits per heavy atom. The van der Waals surface area contributed by atoms with Crippen LogP contribution in [0.15, 0.2) is 41.0 Å². The lowest BCUT2D eigenvalue weighted by Gasteiger charge is -2.11. The van der Waals surface area contributed by atoms with Crippen LogP contribution >= 0.6 is 15.9 Å². The summed E-state index contributed by atoms with van der Waals surface area (Å²) >= 11 is 3.32. The zero-order valence-corrected chi connectivity index (χ0v) is 12.9. The van der Waals surface area contributed by atoms with Gasteiger partial charge in [-0.1, -0.05) is 6.07 Å². The van der Waals surface area contributed by atoms with Gasteiger partial charge in [-0.05, 0) is 45.8 Å². The topological polar surface area (TPSA) is 70.2 Å². The monoisotopic (exact) mass is 347 g/mol. The van der Waals surface area contributed by atoms with E-state index in [4.69, 9.17) is 4.74 Å². The molecule has 0 bridgehead atoms. The van der Waals surface area contributed by atoms with Gasteiger partial charge >= 0.3 is 0 Å². The Hall–Kier alpha value is -2.21. The first-order valence-electron chi connectivity index (χ1n) is 6.40. The number of phenols is 1. The SMILES string of the molecule is COc1cc(CNc2cccc3[nH]ncc23)cc(Br)c1O. The van der Waals surface area contributed by atoms with Crippen molar-refractivity contribution in [2.24, 2.45) is 0 Å². The number of halogens is 1. The fourth-order valence-electron chi connectivity index (χ4n) is 2.20. The number of aromatic amines is 1. The number of anilines is 1. The smallest absolute Gasteiger partial charge is 0.172 e. The van der Waals surface area contributed by atoms with E-state index in [-0.39, 0.29) is 5.75 Å². The van der Waals surface area contributed by atoms with Crippen molar-refractivity contribution in [1.29, 1.82) is 0 Å². The number of nitrogens with zero attached hydrogens (tertiary/aromatic N) is 1. The van der Waals surface area contributed by atoms with Crippen LogP contribution in [0.25, 0.3) is 10.9 Å². The van der Waals surface area contributed by atoms with Gasteiger partial charge in [0.2, 0.25) is 0 Å². The Labute approximate surface area is 130 Å². The van der Waals surface area contributed by atoms with Crippen LogP contribution in [-0.4, -0.2) is 22.4 Å². The summed E-state index contributed by atoms with van der Waals surface area (Å²) < 4.78 is 5.76. The first-order chi connectivity index (χ1) is 10.2. The summed E-state index contributed by atoms with van der Waals surface area (Å²) in [4.78, 5) is 0. The van der Waals surface area contributed by atoms with E-state index in [1.807, 2.05) is 30.3 Å². The number of aromatic nitrogens is 2. The van der Waals surface area contributed by atoms with Gasteiger partial charge in [-0.2, -0.15) is 5.10 Å². The zero-order valence-electron chi connectivity index (χ0n) is 11.4. The molecule has 0 radical (unpaired) electrons. The summed E-state index contributed by atoms with van der Waals surface area (Å²) in [6.45, 7) is 0.611. The average Bonchev–Trinajstić information content (AvgIpc) is 2.97. The van der Waals surface area contributed by atoms with Crippen LogP contribution in [0.2, 0.25) is 0 Å². The van der Waals surface area contributed by atoms with Gasteiger partial charge in [0.15, 0.2) is 11.5 Å². The van der Waals surface area contributed by atoms with Gasteiger partial charge in [-0.15, -0.1) is 0 Å². The Bertz CT molecular complexity index is 786. The van der Waals surface area contributed by atoms with Gasteiger partial charge in [0.25, 0.3) is 0 Å². The van der Waals surface area contributed by atoms with Crippen molar-refractivity contribution in [2.75, 3.05) is 12.4 Å². The Morgan fingerprint density at radius 3 is 3.05 bits per heavy atom. The average molecular weight is 348 g/mol. The van der Waals surface area contributed by atoms with Crippen molar-refractivity contribution in [3.63, 3.8) is 0 Å². The van der Waals surface area contributed by atoms with E-state index in [2.05, 4.69) is 31.4 Å². The fraction of sp³-hybridized carbons (Fsp3) is 0.133.